The van der Waals surface area contributed by atoms with E-state index in [2.05, 4.69) is 9.97 Å². The Kier molecular flexibility index (Phi) is 3.64. The Balaban J connectivity index is 2.29. The van der Waals surface area contributed by atoms with Crippen molar-refractivity contribution < 1.29 is 0 Å². The average Bonchev–Trinajstić information content (AvgIpc) is 2.28. The Hall–Kier alpha value is -1.45. The first kappa shape index (κ1) is 13.0. The highest BCUT2D eigenvalue weighted by Gasteiger charge is 2.14. The Bertz CT molecular complexity index is 529. The first-order valence-electron chi connectivity index (χ1n) is 5.81. The summed E-state index contributed by atoms with van der Waals surface area (Å²) in [5.74, 6) is 0.759. The summed E-state index contributed by atoms with van der Waals surface area (Å²) in [6.45, 7) is 3.93. The first-order chi connectivity index (χ1) is 8.44. The maximum atomic E-state index is 5.98. The Morgan fingerprint density at radius 1 is 1.17 bits per heavy atom. The minimum absolute atomic E-state index is 0.307. The van der Waals surface area contributed by atoms with Crippen LogP contribution in [0.3, 0.4) is 0 Å². The van der Waals surface area contributed by atoms with E-state index < -0.39 is 0 Å². The van der Waals surface area contributed by atoms with Crippen molar-refractivity contribution in [2.75, 3.05) is 0 Å². The molecule has 1 aromatic carbocycles. The third-order valence-electron chi connectivity index (χ3n) is 2.46. The van der Waals surface area contributed by atoms with E-state index in [0.29, 0.717) is 6.42 Å². The van der Waals surface area contributed by atoms with Crippen LogP contribution in [-0.4, -0.2) is 15.5 Å². The highest BCUT2D eigenvalue weighted by atomic mass is 35.5. The van der Waals surface area contributed by atoms with Crippen LogP contribution in [0.5, 0.6) is 0 Å². The van der Waals surface area contributed by atoms with Crippen molar-refractivity contribution in [1.82, 2.24) is 9.97 Å². The number of rotatable bonds is 3. The lowest BCUT2D eigenvalue weighted by Crippen LogP contribution is -2.35. The number of nitrogens with zero attached hydrogens (tertiary/aromatic N) is 2. The molecule has 4 heteroatoms. The molecule has 0 unspecified atom stereocenters. The summed E-state index contributed by atoms with van der Waals surface area (Å²) in [6.07, 6.45) is 2.41. The monoisotopic (exact) mass is 261 g/mol. The lowest BCUT2D eigenvalue weighted by Gasteiger charge is -2.17. The molecular formula is C14H16ClN3. The van der Waals surface area contributed by atoms with Crippen LogP contribution in [0.25, 0.3) is 11.3 Å². The molecule has 0 atom stereocenters. The van der Waals surface area contributed by atoms with Crippen molar-refractivity contribution in [3.8, 4) is 11.3 Å². The fourth-order valence-corrected chi connectivity index (χ4v) is 1.80. The summed E-state index contributed by atoms with van der Waals surface area (Å²) in [4.78, 5) is 8.77. The molecule has 2 aromatic rings. The molecule has 0 radical (unpaired) electrons. The van der Waals surface area contributed by atoms with Gasteiger partial charge in [0.15, 0.2) is 0 Å². The van der Waals surface area contributed by atoms with Crippen LogP contribution in [0.4, 0.5) is 0 Å². The van der Waals surface area contributed by atoms with E-state index in [0.717, 1.165) is 22.1 Å². The molecule has 2 N–H and O–H groups in total. The van der Waals surface area contributed by atoms with Crippen molar-refractivity contribution in [2.24, 2.45) is 5.73 Å². The lowest BCUT2D eigenvalue weighted by atomic mass is 10.0. The fourth-order valence-electron chi connectivity index (χ4n) is 1.67. The van der Waals surface area contributed by atoms with Crippen LogP contribution in [0.1, 0.15) is 19.7 Å². The van der Waals surface area contributed by atoms with E-state index in [9.17, 15) is 0 Å². The minimum Gasteiger partial charge on any atom is -0.325 e. The molecule has 0 saturated carbocycles. The zero-order valence-electron chi connectivity index (χ0n) is 10.5. The molecule has 0 aliphatic carbocycles. The van der Waals surface area contributed by atoms with Crippen molar-refractivity contribution in [3.63, 3.8) is 0 Å². The SMILES string of the molecule is CC(C)(N)Cc1nccc(-c2ccc(Cl)cc2)n1. The van der Waals surface area contributed by atoms with E-state index in [-0.39, 0.29) is 5.54 Å². The minimum atomic E-state index is -0.307. The van der Waals surface area contributed by atoms with Crippen LogP contribution < -0.4 is 5.73 Å². The highest BCUT2D eigenvalue weighted by molar-refractivity contribution is 6.30. The van der Waals surface area contributed by atoms with Crippen LogP contribution >= 0.6 is 11.6 Å². The number of hydrogen-bond acceptors (Lipinski definition) is 3. The van der Waals surface area contributed by atoms with Crippen molar-refractivity contribution in [3.05, 3.63) is 47.4 Å². The summed E-state index contributed by atoms with van der Waals surface area (Å²) in [5, 5.41) is 0.719. The number of hydrogen-bond donors (Lipinski definition) is 1. The van der Waals surface area contributed by atoms with Gasteiger partial charge < -0.3 is 5.73 Å². The molecule has 0 spiro atoms. The second-order valence-electron chi connectivity index (χ2n) is 5.03. The van der Waals surface area contributed by atoms with Gasteiger partial charge in [-0.25, -0.2) is 9.97 Å². The predicted octanol–water partition coefficient (Wildman–Crippen LogP) is 3.08. The normalized spacial score (nSPS) is 11.6. The van der Waals surface area contributed by atoms with Crippen LogP contribution in [0, 0.1) is 0 Å². The van der Waals surface area contributed by atoms with Crippen LogP contribution in [0.15, 0.2) is 36.5 Å². The molecule has 0 amide bonds. The van der Waals surface area contributed by atoms with Gasteiger partial charge in [-0.3, -0.25) is 0 Å². The van der Waals surface area contributed by atoms with Gasteiger partial charge >= 0.3 is 0 Å². The standard InChI is InChI=1S/C14H16ClN3/c1-14(2,16)9-13-17-8-7-12(18-13)10-3-5-11(15)6-4-10/h3-8H,9,16H2,1-2H3. The Labute approximate surface area is 112 Å². The topological polar surface area (TPSA) is 51.8 Å². The molecule has 0 saturated heterocycles. The largest absolute Gasteiger partial charge is 0.325 e. The quantitative estimate of drug-likeness (QED) is 0.924. The predicted molar refractivity (Wildman–Crippen MR) is 74.4 cm³/mol. The van der Waals surface area contributed by atoms with Crippen LogP contribution in [0.2, 0.25) is 5.02 Å². The van der Waals surface area contributed by atoms with Crippen molar-refractivity contribution in [2.45, 2.75) is 25.8 Å². The molecule has 1 aromatic heterocycles. The Morgan fingerprint density at radius 2 is 1.83 bits per heavy atom. The highest BCUT2D eigenvalue weighted by Crippen LogP contribution is 2.19. The van der Waals surface area contributed by atoms with E-state index in [4.69, 9.17) is 17.3 Å². The molecule has 0 aliphatic heterocycles. The van der Waals surface area contributed by atoms with Gasteiger partial charge in [-0.15, -0.1) is 0 Å². The average molecular weight is 262 g/mol. The zero-order chi connectivity index (χ0) is 13.2. The van der Waals surface area contributed by atoms with Gasteiger partial charge in [0.1, 0.15) is 5.82 Å². The summed E-state index contributed by atoms with van der Waals surface area (Å²) < 4.78 is 0. The van der Waals surface area contributed by atoms with E-state index in [1.54, 1.807) is 6.20 Å². The number of halogens is 1. The third-order valence-corrected chi connectivity index (χ3v) is 2.71. The number of benzene rings is 1. The lowest BCUT2D eigenvalue weighted by molar-refractivity contribution is 0.502. The second kappa shape index (κ2) is 5.04. The molecule has 0 fully saturated rings. The zero-order valence-corrected chi connectivity index (χ0v) is 11.3. The van der Waals surface area contributed by atoms with Gasteiger partial charge in [0, 0.05) is 28.7 Å². The molecular weight excluding hydrogens is 246 g/mol. The maximum absolute atomic E-state index is 5.98. The van der Waals surface area contributed by atoms with E-state index >= 15 is 0 Å². The summed E-state index contributed by atoms with van der Waals surface area (Å²) in [5.41, 5.74) is 7.59. The second-order valence-corrected chi connectivity index (χ2v) is 5.47. The molecule has 2 rings (SSSR count). The maximum Gasteiger partial charge on any atom is 0.130 e. The van der Waals surface area contributed by atoms with Crippen molar-refractivity contribution in [1.29, 1.82) is 0 Å². The van der Waals surface area contributed by atoms with Crippen molar-refractivity contribution >= 4 is 11.6 Å². The molecule has 1 heterocycles. The van der Waals surface area contributed by atoms with Crippen LogP contribution in [-0.2, 0) is 6.42 Å². The van der Waals surface area contributed by atoms with E-state index in [1.807, 2.05) is 44.2 Å². The first-order valence-corrected chi connectivity index (χ1v) is 6.19. The van der Waals surface area contributed by atoms with Gasteiger partial charge in [0.2, 0.25) is 0 Å². The number of aromatic nitrogens is 2. The fraction of sp³-hybridized carbons (Fsp3) is 0.286. The molecule has 0 bridgehead atoms. The smallest absolute Gasteiger partial charge is 0.130 e. The third kappa shape index (κ3) is 3.52. The summed E-state index contributed by atoms with van der Waals surface area (Å²) >= 11 is 5.87. The molecule has 0 aliphatic rings. The van der Waals surface area contributed by atoms with Gasteiger partial charge in [-0.05, 0) is 32.0 Å². The van der Waals surface area contributed by atoms with E-state index in [1.165, 1.54) is 0 Å². The van der Waals surface area contributed by atoms with Gasteiger partial charge in [0.05, 0.1) is 5.69 Å². The van der Waals surface area contributed by atoms with Gasteiger partial charge in [-0.2, -0.15) is 0 Å². The molecule has 3 nitrogen and oxygen atoms in total. The molecule has 94 valence electrons. The molecule has 18 heavy (non-hydrogen) atoms. The van der Waals surface area contributed by atoms with Gasteiger partial charge in [-0.1, -0.05) is 23.7 Å². The van der Waals surface area contributed by atoms with Gasteiger partial charge in [0.25, 0.3) is 0 Å². The summed E-state index contributed by atoms with van der Waals surface area (Å²) in [6, 6.07) is 9.48. The number of nitrogens with two attached hydrogens (primary N) is 1. The Morgan fingerprint density at radius 3 is 2.44 bits per heavy atom. The summed E-state index contributed by atoms with van der Waals surface area (Å²) in [7, 11) is 0.